The van der Waals surface area contributed by atoms with Crippen LogP contribution in [0.3, 0.4) is 0 Å². The number of pyridine rings is 1. The van der Waals surface area contributed by atoms with Crippen LogP contribution in [-0.4, -0.2) is 35.7 Å². The van der Waals surface area contributed by atoms with E-state index >= 15 is 0 Å². The number of hydrogen-bond donors (Lipinski definition) is 1. The highest BCUT2D eigenvalue weighted by atomic mass is 16.5. The first-order valence-corrected chi connectivity index (χ1v) is 6.06. The Morgan fingerprint density at radius 3 is 3.11 bits per heavy atom. The molecule has 5 nitrogen and oxygen atoms in total. The molecule has 0 aromatic carbocycles. The number of nitrogens with two attached hydrogens (primary N) is 1. The molecule has 1 saturated heterocycles. The summed E-state index contributed by atoms with van der Waals surface area (Å²) in [5.74, 6) is 0. The zero-order valence-corrected chi connectivity index (χ0v) is 10.8. The Morgan fingerprint density at radius 1 is 1.61 bits per heavy atom. The Labute approximate surface area is 107 Å². The van der Waals surface area contributed by atoms with Crippen LogP contribution in [0.25, 0.3) is 0 Å². The average Bonchev–Trinajstić information content (AvgIpc) is 2.40. The Morgan fingerprint density at radius 2 is 2.39 bits per heavy atom. The maximum atomic E-state index is 8.87. The van der Waals surface area contributed by atoms with Crippen molar-refractivity contribution in [3.05, 3.63) is 23.0 Å². The predicted molar refractivity (Wildman–Crippen MR) is 68.8 cm³/mol. The van der Waals surface area contributed by atoms with Crippen LogP contribution in [0.2, 0.25) is 0 Å². The van der Waals surface area contributed by atoms with Crippen LogP contribution in [0.1, 0.15) is 16.8 Å². The van der Waals surface area contributed by atoms with Crippen LogP contribution in [0.4, 0.5) is 5.69 Å². The largest absolute Gasteiger partial charge is 0.398 e. The van der Waals surface area contributed by atoms with E-state index in [0.29, 0.717) is 13.2 Å². The SMILES string of the molecule is Cc1cnc(CN2CCOC(C#N)C2)c(C)c1N. The number of rotatable bonds is 2. The van der Waals surface area contributed by atoms with Crippen molar-refractivity contribution in [2.45, 2.75) is 26.5 Å². The predicted octanol–water partition coefficient (Wildman–Crippen LogP) is 1.01. The number of nitriles is 1. The normalized spacial score (nSPS) is 20.6. The Bertz CT molecular complexity index is 481. The number of nitrogens with zero attached hydrogens (tertiary/aromatic N) is 3. The lowest BCUT2D eigenvalue weighted by Gasteiger charge is -2.29. The van der Waals surface area contributed by atoms with Crippen molar-refractivity contribution in [2.24, 2.45) is 0 Å². The van der Waals surface area contributed by atoms with Crippen LogP contribution in [0.5, 0.6) is 0 Å². The summed E-state index contributed by atoms with van der Waals surface area (Å²) >= 11 is 0. The van der Waals surface area contributed by atoms with Crippen molar-refractivity contribution in [3.8, 4) is 6.07 Å². The Kier molecular flexibility index (Phi) is 3.80. The molecule has 1 atom stereocenters. The first-order chi connectivity index (χ1) is 8.61. The zero-order valence-electron chi connectivity index (χ0n) is 10.8. The smallest absolute Gasteiger partial charge is 0.156 e. The average molecular weight is 246 g/mol. The summed E-state index contributed by atoms with van der Waals surface area (Å²) in [4.78, 5) is 6.62. The molecule has 18 heavy (non-hydrogen) atoms. The van der Waals surface area contributed by atoms with Crippen molar-refractivity contribution >= 4 is 5.69 Å². The van der Waals surface area contributed by atoms with E-state index in [9.17, 15) is 0 Å². The number of morpholine rings is 1. The van der Waals surface area contributed by atoms with E-state index in [0.717, 1.165) is 35.6 Å². The fraction of sp³-hybridized carbons (Fsp3) is 0.538. The topological polar surface area (TPSA) is 75.2 Å². The number of nitrogen functional groups attached to an aromatic ring is 1. The summed E-state index contributed by atoms with van der Waals surface area (Å²) in [6, 6.07) is 2.15. The van der Waals surface area contributed by atoms with E-state index in [1.165, 1.54) is 0 Å². The number of anilines is 1. The van der Waals surface area contributed by atoms with E-state index in [-0.39, 0.29) is 6.10 Å². The second-order valence-corrected chi connectivity index (χ2v) is 4.65. The molecule has 0 saturated carbocycles. The standard InChI is InChI=1S/C13H18N4O/c1-9-6-16-12(10(2)13(9)15)8-17-3-4-18-11(5-14)7-17/h6,11H,3-4,7-8H2,1-2H3,(H2,15,16). The maximum Gasteiger partial charge on any atom is 0.156 e. The first kappa shape index (κ1) is 12.8. The van der Waals surface area contributed by atoms with Crippen LogP contribution >= 0.6 is 0 Å². The van der Waals surface area contributed by atoms with Gasteiger partial charge in [0.1, 0.15) is 0 Å². The number of hydrogen-bond acceptors (Lipinski definition) is 5. The molecule has 96 valence electrons. The lowest BCUT2D eigenvalue weighted by molar-refractivity contribution is -0.00318. The molecular formula is C13H18N4O. The lowest BCUT2D eigenvalue weighted by Crippen LogP contribution is -2.41. The molecule has 1 aliphatic rings. The van der Waals surface area contributed by atoms with E-state index in [1.54, 1.807) is 6.20 Å². The van der Waals surface area contributed by atoms with Gasteiger partial charge < -0.3 is 10.5 Å². The van der Waals surface area contributed by atoms with Gasteiger partial charge >= 0.3 is 0 Å². The molecule has 0 aliphatic carbocycles. The third-order valence-electron chi connectivity index (χ3n) is 3.34. The van der Waals surface area contributed by atoms with Crippen LogP contribution < -0.4 is 5.73 Å². The van der Waals surface area contributed by atoms with E-state index in [4.69, 9.17) is 15.7 Å². The van der Waals surface area contributed by atoms with Crippen molar-refractivity contribution in [3.63, 3.8) is 0 Å². The summed E-state index contributed by atoms with van der Waals surface area (Å²) in [5.41, 5.74) is 9.84. The fourth-order valence-corrected chi connectivity index (χ4v) is 2.09. The monoisotopic (exact) mass is 246 g/mol. The summed E-state index contributed by atoms with van der Waals surface area (Å²) in [6.45, 7) is 6.72. The van der Waals surface area contributed by atoms with E-state index in [1.807, 2.05) is 13.8 Å². The molecule has 1 aliphatic heterocycles. The van der Waals surface area contributed by atoms with E-state index in [2.05, 4.69) is 16.0 Å². The highest BCUT2D eigenvalue weighted by molar-refractivity contribution is 5.53. The molecule has 2 heterocycles. The molecule has 2 N–H and O–H groups in total. The van der Waals surface area contributed by atoms with Gasteiger partial charge in [-0.15, -0.1) is 0 Å². The van der Waals surface area contributed by atoms with Gasteiger partial charge in [-0.25, -0.2) is 0 Å². The molecule has 5 heteroatoms. The fourth-order valence-electron chi connectivity index (χ4n) is 2.09. The second-order valence-electron chi connectivity index (χ2n) is 4.65. The molecule has 1 unspecified atom stereocenters. The van der Waals surface area contributed by atoms with Gasteiger partial charge in [0.25, 0.3) is 0 Å². The summed E-state index contributed by atoms with van der Waals surface area (Å²) in [5, 5.41) is 8.87. The van der Waals surface area contributed by atoms with Gasteiger partial charge in [0.05, 0.1) is 18.4 Å². The third-order valence-corrected chi connectivity index (χ3v) is 3.34. The number of ether oxygens (including phenoxy) is 1. The molecule has 1 aromatic heterocycles. The van der Waals surface area contributed by atoms with Crippen LogP contribution in [0.15, 0.2) is 6.20 Å². The first-order valence-electron chi connectivity index (χ1n) is 6.06. The molecular weight excluding hydrogens is 228 g/mol. The van der Waals surface area contributed by atoms with Gasteiger partial charge in [-0.05, 0) is 25.0 Å². The minimum absolute atomic E-state index is 0.332. The van der Waals surface area contributed by atoms with Gasteiger partial charge in [-0.2, -0.15) is 5.26 Å². The quantitative estimate of drug-likeness (QED) is 0.842. The summed E-state index contributed by atoms with van der Waals surface area (Å²) < 4.78 is 5.32. The third kappa shape index (κ3) is 2.61. The Hall–Kier alpha value is -1.64. The van der Waals surface area contributed by atoms with Gasteiger partial charge in [0.15, 0.2) is 6.10 Å². The molecule has 0 spiro atoms. The molecule has 2 rings (SSSR count). The molecule has 1 aromatic rings. The maximum absolute atomic E-state index is 8.87. The molecule has 1 fully saturated rings. The number of aryl methyl sites for hydroxylation is 1. The molecule has 0 bridgehead atoms. The van der Waals surface area contributed by atoms with Crippen molar-refractivity contribution in [1.82, 2.24) is 9.88 Å². The second kappa shape index (κ2) is 5.34. The van der Waals surface area contributed by atoms with Crippen molar-refractivity contribution < 1.29 is 4.74 Å². The van der Waals surface area contributed by atoms with Crippen molar-refractivity contribution in [2.75, 3.05) is 25.4 Å². The van der Waals surface area contributed by atoms with Gasteiger partial charge in [0, 0.05) is 31.5 Å². The Balaban J connectivity index is 2.10. The highest BCUT2D eigenvalue weighted by Crippen LogP contribution is 2.19. The highest BCUT2D eigenvalue weighted by Gasteiger charge is 2.21. The molecule has 0 radical (unpaired) electrons. The molecule has 0 amide bonds. The lowest BCUT2D eigenvalue weighted by atomic mass is 10.1. The van der Waals surface area contributed by atoms with Gasteiger partial charge in [-0.3, -0.25) is 9.88 Å². The van der Waals surface area contributed by atoms with Crippen LogP contribution in [0, 0.1) is 25.2 Å². The van der Waals surface area contributed by atoms with E-state index < -0.39 is 0 Å². The minimum atomic E-state index is -0.332. The minimum Gasteiger partial charge on any atom is -0.398 e. The number of aromatic nitrogens is 1. The zero-order chi connectivity index (χ0) is 13.1. The van der Waals surface area contributed by atoms with Gasteiger partial charge in [-0.1, -0.05) is 0 Å². The van der Waals surface area contributed by atoms with Crippen LogP contribution in [-0.2, 0) is 11.3 Å². The van der Waals surface area contributed by atoms with Gasteiger partial charge in [0.2, 0.25) is 0 Å². The van der Waals surface area contributed by atoms with Crippen molar-refractivity contribution in [1.29, 1.82) is 5.26 Å². The summed E-state index contributed by atoms with van der Waals surface area (Å²) in [7, 11) is 0. The summed E-state index contributed by atoms with van der Waals surface area (Å²) in [6.07, 6.45) is 1.47.